The van der Waals surface area contributed by atoms with Crippen LogP contribution in [0.4, 0.5) is 0 Å². The number of aromatic nitrogens is 1. The third-order valence-corrected chi connectivity index (χ3v) is 3.26. The standard InChI is InChI=1S/C9H14N2OS/c10-7(4-12)3-8-5-13-9(11-8)6-1-2-6/h5-7,12H,1-4,10H2. The van der Waals surface area contributed by atoms with E-state index in [1.807, 2.05) is 0 Å². The molecule has 0 radical (unpaired) electrons. The number of nitrogens with zero attached hydrogens (tertiary/aromatic N) is 1. The second-order valence-electron chi connectivity index (χ2n) is 3.60. The van der Waals surface area contributed by atoms with Crippen LogP contribution >= 0.6 is 11.3 Å². The molecule has 1 saturated carbocycles. The van der Waals surface area contributed by atoms with Crippen molar-refractivity contribution in [3.63, 3.8) is 0 Å². The summed E-state index contributed by atoms with van der Waals surface area (Å²) in [5.74, 6) is 0.726. The first-order chi connectivity index (χ1) is 6.29. The summed E-state index contributed by atoms with van der Waals surface area (Å²) in [5.41, 5.74) is 6.66. The first-order valence-electron chi connectivity index (χ1n) is 4.60. The van der Waals surface area contributed by atoms with Gasteiger partial charge in [0, 0.05) is 23.8 Å². The first kappa shape index (κ1) is 9.12. The summed E-state index contributed by atoms with van der Waals surface area (Å²) < 4.78 is 0. The van der Waals surface area contributed by atoms with Crippen molar-refractivity contribution in [2.45, 2.75) is 31.2 Å². The molecule has 0 aromatic carbocycles. The summed E-state index contributed by atoms with van der Waals surface area (Å²) >= 11 is 1.72. The van der Waals surface area contributed by atoms with E-state index in [9.17, 15) is 0 Å². The highest BCUT2D eigenvalue weighted by molar-refractivity contribution is 7.09. The largest absolute Gasteiger partial charge is 0.395 e. The molecular formula is C9H14N2OS. The fourth-order valence-corrected chi connectivity index (χ4v) is 2.27. The van der Waals surface area contributed by atoms with Gasteiger partial charge in [-0.3, -0.25) is 0 Å². The molecule has 0 bridgehead atoms. The lowest BCUT2D eigenvalue weighted by Crippen LogP contribution is -2.26. The molecule has 1 aliphatic rings. The van der Waals surface area contributed by atoms with Crippen molar-refractivity contribution in [2.24, 2.45) is 5.73 Å². The summed E-state index contributed by atoms with van der Waals surface area (Å²) in [6.07, 6.45) is 3.28. The van der Waals surface area contributed by atoms with E-state index in [1.54, 1.807) is 11.3 Å². The van der Waals surface area contributed by atoms with Crippen molar-refractivity contribution in [3.05, 3.63) is 16.1 Å². The normalized spacial score (nSPS) is 18.9. The molecule has 13 heavy (non-hydrogen) atoms. The summed E-state index contributed by atoms with van der Waals surface area (Å²) in [6.45, 7) is 0.0380. The Kier molecular flexibility index (Phi) is 2.62. The van der Waals surface area contributed by atoms with Crippen molar-refractivity contribution in [1.29, 1.82) is 0 Å². The molecule has 0 aliphatic heterocycles. The van der Waals surface area contributed by atoms with Crippen LogP contribution in [0.2, 0.25) is 0 Å². The van der Waals surface area contributed by atoms with E-state index in [2.05, 4.69) is 10.4 Å². The van der Waals surface area contributed by atoms with Gasteiger partial charge in [-0.2, -0.15) is 0 Å². The number of nitrogens with two attached hydrogens (primary N) is 1. The number of thiazole rings is 1. The van der Waals surface area contributed by atoms with Crippen molar-refractivity contribution < 1.29 is 5.11 Å². The predicted octanol–water partition coefficient (Wildman–Crippen LogP) is 0.883. The SMILES string of the molecule is NC(CO)Cc1csc(C2CC2)n1. The van der Waals surface area contributed by atoms with Crippen LogP contribution in [-0.2, 0) is 6.42 Å². The molecule has 72 valence electrons. The molecule has 0 spiro atoms. The Morgan fingerprint density at radius 2 is 2.46 bits per heavy atom. The molecule has 1 aromatic rings. The molecule has 2 rings (SSSR count). The minimum Gasteiger partial charge on any atom is -0.395 e. The van der Waals surface area contributed by atoms with Gasteiger partial charge in [0.25, 0.3) is 0 Å². The Morgan fingerprint density at radius 1 is 1.69 bits per heavy atom. The van der Waals surface area contributed by atoms with Gasteiger partial charge in [0.2, 0.25) is 0 Å². The molecule has 0 saturated heterocycles. The van der Waals surface area contributed by atoms with E-state index in [4.69, 9.17) is 10.8 Å². The van der Waals surface area contributed by atoms with Crippen LogP contribution in [-0.4, -0.2) is 22.7 Å². The molecule has 1 aromatic heterocycles. The van der Waals surface area contributed by atoms with Crippen LogP contribution in [0.5, 0.6) is 0 Å². The molecule has 1 heterocycles. The second-order valence-corrected chi connectivity index (χ2v) is 4.49. The Bertz CT molecular complexity index is 283. The quantitative estimate of drug-likeness (QED) is 0.755. The van der Waals surface area contributed by atoms with Crippen molar-refractivity contribution in [3.8, 4) is 0 Å². The summed E-state index contributed by atoms with van der Waals surface area (Å²) in [6, 6.07) is -0.158. The zero-order valence-electron chi connectivity index (χ0n) is 7.44. The van der Waals surface area contributed by atoms with Crippen molar-refractivity contribution in [2.75, 3.05) is 6.61 Å². The lowest BCUT2D eigenvalue weighted by molar-refractivity contribution is 0.264. The minimum atomic E-state index is -0.158. The van der Waals surface area contributed by atoms with Crippen LogP contribution in [0.25, 0.3) is 0 Å². The van der Waals surface area contributed by atoms with Gasteiger partial charge in [-0.15, -0.1) is 11.3 Å². The molecule has 0 amide bonds. The number of aliphatic hydroxyl groups excluding tert-OH is 1. The Labute approximate surface area is 81.6 Å². The van der Waals surface area contributed by atoms with Gasteiger partial charge >= 0.3 is 0 Å². The van der Waals surface area contributed by atoms with Crippen LogP contribution in [0.15, 0.2) is 5.38 Å². The molecule has 3 N–H and O–H groups in total. The highest BCUT2D eigenvalue weighted by Gasteiger charge is 2.26. The van der Waals surface area contributed by atoms with E-state index in [1.165, 1.54) is 17.8 Å². The molecule has 1 fully saturated rings. The minimum absolute atomic E-state index is 0.0380. The van der Waals surface area contributed by atoms with E-state index in [0.717, 1.165) is 11.6 Å². The lowest BCUT2D eigenvalue weighted by Gasteiger charge is -2.03. The van der Waals surface area contributed by atoms with E-state index < -0.39 is 0 Å². The average Bonchev–Trinajstić information content (AvgIpc) is 2.88. The van der Waals surface area contributed by atoms with Crippen LogP contribution in [0.1, 0.15) is 29.5 Å². The van der Waals surface area contributed by atoms with Gasteiger partial charge in [-0.1, -0.05) is 0 Å². The third-order valence-electron chi connectivity index (χ3n) is 2.20. The molecule has 1 aliphatic carbocycles. The predicted molar refractivity (Wildman–Crippen MR) is 52.9 cm³/mol. The fourth-order valence-electron chi connectivity index (χ4n) is 1.27. The van der Waals surface area contributed by atoms with Gasteiger partial charge in [-0.05, 0) is 12.8 Å². The Hall–Kier alpha value is -0.450. The third kappa shape index (κ3) is 2.27. The van der Waals surface area contributed by atoms with E-state index in [0.29, 0.717) is 6.42 Å². The molecular weight excluding hydrogens is 184 g/mol. The van der Waals surface area contributed by atoms with Crippen molar-refractivity contribution in [1.82, 2.24) is 4.98 Å². The first-order valence-corrected chi connectivity index (χ1v) is 5.48. The topological polar surface area (TPSA) is 59.1 Å². The van der Waals surface area contributed by atoms with Crippen molar-refractivity contribution >= 4 is 11.3 Å². The average molecular weight is 198 g/mol. The molecule has 4 heteroatoms. The summed E-state index contributed by atoms with van der Waals surface area (Å²) in [5, 5.41) is 12.1. The Balaban J connectivity index is 1.96. The van der Waals surface area contributed by atoms with Gasteiger partial charge in [0.05, 0.1) is 17.3 Å². The molecule has 3 nitrogen and oxygen atoms in total. The lowest BCUT2D eigenvalue weighted by atomic mass is 10.2. The van der Waals surface area contributed by atoms with E-state index in [-0.39, 0.29) is 12.6 Å². The molecule has 1 atom stereocenters. The molecule has 1 unspecified atom stereocenters. The maximum atomic E-state index is 8.78. The van der Waals surface area contributed by atoms with Gasteiger partial charge in [0.15, 0.2) is 0 Å². The number of hydrogen-bond acceptors (Lipinski definition) is 4. The van der Waals surface area contributed by atoms with Gasteiger partial charge in [-0.25, -0.2) is 4.98 Å². The highest BCUT2D eigenvalue weighted by atomic mass is 32.1. The monoisotopic (exact) mass is 198 g/mol. The summed E-state index contributed by atoms with van der Waals surface area (Å²) in [7, 11) is 0. The number of hydrogen-bond donors (Lipinski definition) is 2. The van der Waals surface area contributed by atoms with Gasteiger partial charge < -0.3 is 10.8 Å². The zero-order valence-corrected chi connectivity index (χ0v) is 8.26. The van der Waals surface area contributed by atoms with Gasteiger partial charge in [0.1, 0.15) is 0 Å². The smallest absolute Gasteiger partial charge is 0.0959 e. The maximum Gasteiger partial charge on any atom is 0.0959 e. The zero-order chi connectivity index (χ0) is 9.26. The number of aliphatic hydroxyl groups is 1. The maximum absolute atomic E-state index is 8.78. The highest BCUT2D eigenvalue weighted by Crippen LogP contribution is 2.41. The fraction of sp³-hybridized carbons (Fsp3) is 0.667. The number of rotatable bonds is 4. The summed E-state index contributed by atoms with van der Waals surface area (Å²) in [4.78, 5) is 4.49. The van der Waals surface area contributed by atoms with Crippen LogP contribution in [0, 0.1) is 0 Å². The Morgan fingerprint density at radius 3 is 3.08 bits per heavy atom. The van der Waals surface area contributed by atoms with Crippen LogP contribution < -0.4 is 5.73 Å². The van der Waals surface area contributed by atoms with Crippen LogP contribution in [0.3, 0.4) is 0 Å². The van der Waals surface area contributed by atoms with E-state index >= 15 is 0 Å². The second kappa shape index (κ2) is 3.74.